The Bertz CT molecular complexity index is 1380. The van der Waals surface area contributed by atoms with E-state index in [1.165, 1.54) is 6.07 Å². The van der Waals surface area contributed by atoms with Crippen molar-refractivity contribution in [2.75, 3.05) is 13.2 Å². The van der Waals surface area contributed by atoms with Crippen LogP contribution in [0.25, 0.3) is 22.3 Å². The smallest absolute Gasteiger partial charge is 0.342 e. The number of carbonyl (C=O) groups is 2. The molecule has 0 aliphatic carbocycles. The van der Waals surface area contributed by atoms with Crippen LogP contribution in [-0.4, -0.2) is 25.0 Å². The highest BCUT2D eigenvalue weighted by molar-refractivity contribution is 6.02. The molecule has 4 aromatic rings. The Labute approximate surface area is 197 Å². The van der Waals surface area contributed by atoms with Gasteiger partial charge in [-0.3, -0.25) is 9.59 Å². The fourth-order valence-corrected chi connectivity index (χ4v) is 3.76. The van der Waals surface area contributed by atoms with Gasteiger partial charge in [-0.25, -0.2) is 4.79 Å². The second-order valence-corrected chi connectivity index (χ2v) is 8.13. The Morgan fingerprint density at radius 1 is 0.941 bits per heavy atom. The highest BCUT2D eigenvalue weighted by atomic mass is 16.5. The minimum atomic E-state index is -0.733. The van der Waals surface area contributed by atoms with Crippen molar-refractivity contribution in [3.05, 3.63) is 106 Å². The Kier molecular flexibility index (Phi) is 6.87. The average molecular weight is 456 g/mol. The second kappa shape index (κ2) is 10.2. The Morgan fingerprint density at radius 3 is 2.32 bits per heavy atom. The van der Waals surface area contributed by atoms with Crippen LogP contribution < -0.4 is 10.7 Å². The van der Waals surface area contributed by atoms with Gasteiger partial charge in [-0.1, -0.05) is 73.7 Å². The molecule has 4 rings (SSSR count). The van der Waals surface area contributed by atoms with Crippen LogP contribution in [0.2, 0.25) is 0 Å². The number of amides is 1. The van der Waals surface area contributed by atoms with Crippen molar-refractivity contribution in [3.8, 4) is 11.3 Å². The maximum atomic E-state index is 13.0. The first-order chi connectivity index (χ1) is 16.5. The molecule has 1 aromatic heterocycles. The van der Waals surface area contributed by atoms with Crippen molar-refractivity contribution in [2.45, 2.75) is 19.8 Å². The topological polar surface area (TPSA) is 85.6 Å². The van der Waals surface area contributed by atoms with Gasteiger partial charge in [-0.05, 0) is 30.5 Å². The van der Waals surface area contributed by atoms with Crippen molar-refractivity contribution in [3.63, 3.8) is 0 Å². The third-order valence-electron chi connectivity index (χ3n) is 5.71. The predicted molar refractivity (Wildman–Crippen MR) is 131 cm³/mol. The molecule has 6 heteroatoms. The van der Waals surface area contributed by atoms with E-state index < -0.39 is 18.5 Å². The molecule has 0 bridgehead atoms. The van der Waals surface area contributed by atoms with Gasteiger partial charge in [-0.15, -0.1) is 0 Å². The number of benzene rings is 3. The van der Waals surface area contributed by atoms with Crippen LogP contribution in [0.1, 0.15) is 34.3 Å². The molecule has 1 amide bonds. The number of fused-ring (bicyclic) bond motifs is 1. The summed E-state index contributed by atoms with van der Waals surface area (Å²) in [5.41, 5.74) is 2.31. The minimum absolute atomic E-state index is 0.0947. The minimum Gasteiger partial charge on any atom is -0.455 e. The molecule has 0 saturated heterocycles. The largest absolute Gasteiger partial charge is 0.455 e. The van der Waals surface area contributed by atoms with E-state index in [2.05, 4.69) is 5.32 Å². The standard InChI is InChI=1S/C28H25NO5/c1-18(20-10-5-3-6-11-20)16-29-24(30)17-33-28(32)23-15-9-14-22-25(31)19(2)26(34-27(22)23)21-12-7-4-8-13-21/h3-15,18H,16-17H2,1-2H3,(H,29,30). The van der Waals surface area contributed by atoms with E-state index >= 15 is 0 Å². The van der Waals surface area contributed by atoms with E-state index in [1.54, 1.807) is 19.1 Å². The molecule has 172 valence electrons. The van der Waals surface area contributed by atoms with Crippen molar-refractivity contribution in [1.29, 1.82) is 0 Å². The van der Waals surface area contributed by atoms with Gasteiger partial charge in [0, 0.05) is 17.7 Å². The van der Waals surface area contributed by atoms with Gasteiger partial charge >= 0.3 is 5.97 Å². The van der Waals surface area contributed by atoms with E-state index in [9.17, 15) is 14.4 Å². The summed E-state index contributed by atoms with van der Waals surface area (Å²) < 4.78 is 11.3. The van der Waals surface area contributed by atoms with Gasteiger partial charge in [-0.2, -0.15) is 0 Å². The fourth-order valence-electron chi connectivity index (χ4n) is 3.76. The Balaban J connectivity index is 1.50. The maximum absolute atomic E-state index is 13.0. The summed E-state index contributed by atoms with van der Waals surface area (Å²) in [4.78, 5) is 38.0. The van der Waals surface area contributed by atoms with Gasteiger partial charge < -0.3 is 14.5 Å². The number of para-hydroxylation sites is 1. The summed E-state index contributed by atoms with van der Waals surface area (Å²) in [7, 11) is 0. The molecule has 1 heterocycles. The maximum Gasteiger partial charge on any atom is 0.342 e. The van der Waals surface area contributed by atoms with E-state index in [0.29, 0.717) is 17.9 Å². The first-order valence-corrected chi connectivity index (χ1v) is 11.1. The normalized spacial score (nSPS) is 11.7. The molecule has 1 atom stereocenters. The monoisotopic (exact) mass is 455 g/mol. The van der Waals surface area contributed by atoms with Crippen molar-refractivity contribution in [2.24, 2.45) is 0 Å². The van der Waals surface area contributed by atoms with Crippen LogP contribution in [0.3, 0.4) is 0 Å². The molecule has 0 saturated carbocycles. The average Bonchev–Trinajstić information content (AvgIpc) is 2.88. The fraction of sp³-hybridized carbons (Fsp3) is 0.179. The lowest BCUT2D eigenvalue weighted by Crippen LogP contribution is -2.31. The van der Waals surface area contributed by atoms with E-state index in [-0.39, 0.29) is 27.9 Å². The van der Waals surface area contributed by atoms with Crippen LogP contribution in [0.5, 0.6) is 0 Å². The highest BCUT2D eigenvalue weighted by Crippen LogP contribution is 2.27. The molecule has 0 radical (unpaired) electrons. The molecule has 1 N–H and O–H groups in total. The lowest BCUT2D eigenvalue weighted by Gasteiger charge is -2.13. The summed E-state index contributed by atoms with van der Waals surface area (Å²) >= 11 is 0. The third-order valence-corrected chi connectivity index (χ3v) is 5.71. The van der Waals surface area contributed by atoms with Crippen molar-refractivity contribution < 1.29 is 18.7 Å². The predicted octanol–water partition coefficient (Wildman–Crippen LogP) is 4.85. The molecule has 34 heavy (non-hydrogen) atoms. The summed E-state index contributed by atoms with van der Waals surface area (Å²) in [5.74, 6) is -0.625. The van der Waals surface area contributed by atoms with Crippen LogP contribution in [0, 0.1) is 6.92 Å². The third kappa shape index (κ3) is 4.91. The second-order valence-electron chi connectivity index (χ2n) is 8.13. The zero-order chi connectivity index (χ0) is 24.1. The zero-order valence-electron chi connectivity index (χ0n) is 19.0. The molecule has 3 aromatic carbocycles. The van der Waals surface area contributed by atoms with Crippen LogP contribution in [0.4, 0.5) is 0 Å². The number of nitrogens with one attached hydrogen (secondary N) is 1. The van der Waals surface area contributed by atoms with Crippen LogP contribution >= 0.6 is 0 Å². The number of rotatable bonds is 7. The molecular formula is C28H25NO5. The van der Waals surface area contributed by atoms with Gasteiger partial charge in [0.2, 0.25) is 0 Å². The van der Waals surface area contributed by atoms with Gasteiger partial charge in [0.05, 0.1) is 5.39 Å². The van der Waals surface area contributed by atoms with Crippen molar-refractivity contribution in [1.82, 2.24) is 5.32 Å². The number of carbonyl (C=O) groups excluding carboxylic acids is 2. The number of hydrogen-bond acceptors (Lipinski definition) is 5. The summed E-state index contributed by atoms with van der Waals surface area (Å²) in [5, 5.41) is 3.07. The first-order valence-electron chi connectivity index (χ1n) is 11.1. The lowest BCUT2D eigenvalue weighted by molar-refractivity contribution is -0.124. The quantitative estimate of drug-likeness (QED) is 0.403. The first kappa shape index (κ1) is 23.0. The molecule has 0 aliphatic rings. The van der Waals surface area contributed by atoms with Crippen molar-refractivity contribution >= 4 is 22.8 Å². The molecule has 0 aliphatic heterocycles. The molecular weight excluding hydrogens is 430 g/mol. The molecule has 0 fully saturated rings. The van der Waals surface area contributed by atoms with Crippen LogP contribution in [0.15, 0.2) is 88.1 Å². The number of ether oxygens (including phenoxy) is 1. The summed E-state index contributed by atoms with van der Waals surface area (Å²) in [6.45, 7) is 3.69. The SMILES string of the molecule is Cc1c(-c2ccccc2)oc2c(C(=O)OCC(=O)NCC(C)c3ccccc3)cccc2c1=O. The Hall–Kier alpha value is -4.19. The van der Waals surface area contributed by atoms with E-state index in [1.807, 2.05) is 67.6 Å². The van der Waals surface area contributed by atoms with E-state index in [4.69, 9.17) is 9.15 Å². The lowest BCUT2D eigenvalue weighted by atomic mass is 10.0. The van der Waals surface area contributed by atoms with Gasteiger partial charge in [0.15, 0.2) is 17.6 Å². The van der Waals surface area contributed by atoms with Crippen LogP contribution in [-0.2, 0) is 9.53 Å². The zero-order valence-corrected chi connectivity index (χ0v) is 19.0. The molecule has 0 spiro atoms. The number of esters is 1. The summed E-state index contributed by atoms with van der Waals surface area (Å²) in [6.07, 6.45) is 0. The summed E-state index contributed by atoms with van der Waals surface area (Å²) in [6, 6.07) is 23.8. The van der Waals surface area contributed by atoms with Gasteiger partial charge in [0.1, 0.15) is 11.3 Å². The number of hydrogen-bond donors (Lipinski definition) is 1. The van der Waals surface area contributed by atoms with E-state index in [0.717, 1.165) is 11.1 Å². The van der Waals surface area contributed by atoms with Gasteiger partial charge in [0.25, 0.3) is 5.91 Å². The molecule has 6 nitrogen and oxygen atoms in total. The Morgan fingerprint density at radius 2 is 1.62 bits per heavy atom. The highest BCUT2D eigenvalue weighted by Gasteiger charge is 2.20. The molecule has 1 unspecified atom stereocenters.